The molecule has 5 heavy (non-hydrogen) atoms. The molecule has 0 unspecified atom stereocenters. The molecule has 0 saturated heterocycles. The Morgan fingerprint density at radius 3 is 2.20 bits per heavy atom. The zero-order chi connectivity index (χ0) is 4.28. The van der Waals surface area contributed by atoms with E-state index in [1.807, 2.05) is 0 Å². The van der Waals surface area contributed by atoms with Crippen LogP contribution >= 0.6 is 24.8 Å². The standard InChI is InChI=1S/CH3NS2.Cr/c2-1(3)4;/h(H3,2,3,4);/q;+1/p-1. The molecule has 0 aromatic heterocycles. The van der Waals surface area contributed by atoms with Crippen molar-refractivity contribution in [1.29, 1.82) is 0 Å². The Bertz CT molecular complexity index is 44.9. The van der Waals surface area contributed by atoms with Gasteiger partial charge in [0.15, 0.2) is 0 Å². The van der Waals surface area contributed by atoms with Gasteiger partial charge in [-0.25, -0.2) is 0 Å². The second kappa shape index (κ2) is 2.98. The van der Waals surface area contributed by atoms with Crippen molar-refractivity contribution in [2.24, 2.45) is 0 Å². The van der Waals surface area contributed by atoms with E-state index >= 15 is 0 Å². The second-order valence-electron chi connectivity index (χ2n) is 0.407. The molecule has 0 rings (SSSR count). The van der Waals surface area contributed by atoms with Crippen LogP contribution in [0.15, 0.2) is 0 Å². The first-order chi connectivity index (χ1) is 2.27. The monoisotopic (exact) mass is 144 g/mol. The van der Waals surface area contributed by atoms with Crippen molar-refractivity contribution >= 4 is 29.2 Å². The minimum atomic E-state index is 0.477. The van der Waals surface area contributed by atoms with Crippen LogP contribution in [-0.4, -0.2) is 4.32 Å². The molecule has 0 fully saturated rings. The first-order valence-corrected chi connectivity index (χ1v) is 2.37. The van der Waals surface area contributed by atoms with Gasteiger partial charge in [0.25, 0.3) is 0 Å². The fourth-order valence-electron chi connectivity index (χ4n) is 0. The van der Waals surface area contributed by atoms with Gasteiger partial charge in [-0.3, -0.25) is 0 Å². The summed E-state index contributed by atoms with van der Waals surface area (Å²) in [6.07, 6.45) is 0. The third-order valence-corrected chi connectivity index (χ3v) is 1.08. The minimum absolute atomic E-state index is 0.477. The van der Waals surface area contributed by atoms with Crippen molar-refractivity contribution in [1.82, 2.24) is 4.30 Å². The Labute approximate surface area is 50.2 Å². The van der Waals surface area contributed by atoms with Gasteiger partial charge in [-0.05, 0) is 0 Å². The number of thiocarbonyl (C=S) groups is 1. The summed E-state index contributed by atoms with van der Waals surface area (Å²) in [7, 11) is 0. The predicted molar refractivity (Wildman–Crippen MR) is 24.7 cm³/mol. The fraction of sp³-hybridized carbons (Fsp3) is 0. The number of hydrogen-bond donors (Lipinski definition) is 2. The molecule has 0 aromatic rings. The summed E-state index contributed by atoms with van der Waals surface area (Å²) < 4.78 is 2.98. The van der Waals surface area contributed by atoms with Crippen molar-refractivity contribution in [2.75, 3.05) is 0 Å². The summed E-state index contributed by atoms with van der Waals surface area (Å²) in [6, 6.07) is 0. The van der Waals surface area contributed by atoms with Gasteiger partial charge in [0.2, 0.25) is 0 Å². The summed E-state index contributed by atoms with van der Waals surface area (Å²) in [5.74, 6) is 0. The van der Waals surface area contributed by atoms with E-state index in [1.54, 1.807) is 0 Å². The molecule has 0 heterocycles. The summed E-state index contributed by atoms with van der Waals surface area (Å²) in [5.41, 5.74) is 0. The number of thiol groups is 1. The van der Waals surface area contributed by atoms with Crippen LogP contribution in [0.2, 0.25) is 0 Å². The molecule has 1 N–H and O–H groups in total. The van der Waals surface area contributed by atoms with Crippen molar-refractivity contribution < 1.29 is 16.5 Å². The van der Waals surface area contributed by atoms with Gasteiger partial charge < -0.3 is 0 Å². The summed E-state index contributed by atoms with van der Waals surface area (Å²) >= 11 is 10.6. The van der Waals surface area contributed by atoms with Crippen LogP contribution in [0.1, 0.15) is 0 Å². The Kier molecular flexibility index (Phi) is 3.44. The van der Waals surface area contributed by atoms with Gasteiger partial charge in [0.1, 0.15) is 0 Å². The predicted octanol–water partition coefficient (Wildman–Crippen LogP) is 0.253. The molecule has 0 aliphatic heterocycles. The van der Waals surface area contributed by atoms with E-state index < -0.39 is 0 Å². The van der Waals surface area contributed by atoms with E-state index in [0.29, 0.717) is 4.32 Å². The van der Waals surface area contributed by atoms with Gasteiger partial charge in [0, 0.05) is 0 Å². The van der Waals surface area contributed by atoms with E-state index in [1.165, 1.54) is 0 Å². The maximum atomic E-state index is 4.42. The molecule has 0 aromatic carbocycles. The third kappa shape index (κ3) is 4.77. The summed E-state index contributed by atoms with van der Waals surface area (Å²) in [4.78, 5) is 0. The SMILES string of the molecule is S=C(S)[NH][Cr]. The van der Waals surface area contributed by atoms with Gasteiger partial charge in [0.05, 0.1) is 0 Å². The average Bonchev–Trinajstić information content (AvgIpc) is 1.38. The van der Waals surface area contributed by atoms with Crippen LogP contribution in [0, 0.1) is 0 Å². The number of rotatable bonds is 0. The van der Waals surface area contributed by atoms with Gasteiger partial charge in [-0.15, -0.1) is 0 Å². The molecule has 0 spiro atoms. The van der Waals surface area contributed by atoms with Crippen LogP contribution < -0.4 is 4.30 Å². The quantitative estimate of drug-likeness (QED) is 0.373. The van der Waals surface area contributed by atoms with Gasteiger partial charge >= 0.3 is 50.0 Å². The third-order valence-electron chi connectivity index (χ3n) is 0.0873. The molecule has 0 radical (unpaired) electrons. The van der Waals surface area contributed by atoms with E-state index in [4.69, 9.17) is 0 Å². The molecule has 4 heteroatoms. The van der Waals surface area contributed by atoms with Crippen molar-refractivity contribution in [2.45, 2.75) is 0 Å². The summed E-state index contributed by atoms with van der Waals surface area (Å²) in [5, 5.41) is 0. The zero-order valence-corrected chi connectivity index (χ0v) is 5.25. The van der Waals surface area contributed by atoms with E-state index in [2.05, 4.69) is 45.7 Å². The molecule has 0 amide bonds. The maximum absolute atomic E-state index is 4.42. The van der Waals surface area contributed by atoms with Crippen LogP contribution in [0.3, 0.4) is 0 Å². The fourth-order valence-corrected chi connectivity index (χ4v) is 0. The van der Waals surface area contributed by atoms with Crippen LogP contribution in [0.4, 0.5) is 0 Å². The van der Waals surface area contributed by atoms with Crippen LogP contribution in [0.5, 0.6) is 0 Å². The van der Waals surface area contributed by atoms with E-state index in [9.17, 15) is 0 Å². The Morgan fingerprint density at radius 2 is 2.20 bits per heavy atom. The first-order valence-electron chi connectivity index (χ1n) is 0.882. The van der Waals surface area contributed by atoms with Gasteiger partial charge in [-0.1, -0.05) is 0 Å². The first kappa shape index (κ1) is 5.77. The molecule has 0 atom stereocenters. The Morgan fingerprint density at radius 1 is 2.00 bits per heavy atom. The van der Waals surface area contributed by atoms with Crippen molar-refractivity contribution in [3.05, 3.63) is 0 Å². The van der Waals surface area contributed by atoms with Crippen molar-refractivity contribution in [3.63, 3.8) is 0 Å². The normalized spacial score (nSPS) is 6.60. The van der Waals surface area contributed by atoms with E-state index in [0.717, 1.165) is 0 Å². The van der Waals surface area contributed by atoms with Crippen LogP contribution in [-0.2, 0) is 16.5 Å². The molecular weight excluding hydrogens is 142 g/mol. The second-order valence-corrected chi connectivity index (χ2v) is 1.88. The molecule has 1 nitrogen and oxygen atoms in total. The summed E-state index contributed by atoms with van der Waals surface area (Å²) in [6.45, 7) is 0. The molecular formula is CH2CrNS2. The molecule has 0 bridgehead atoms. The zero-order valence-electron chi connectivity index (χ0n) is 2.26. The molecule has 0 aliphatic rings. The van der Waals surface area contributed by atoms with Crippen LogP contribution in [0.25, 0.3) is 0 Å². The van der Waals surface area contributed by atoms with Crippen molar-refractivity contribution in [3.8, 4) is 0 Å². The number of nitrogens with one attached hydrogen (secondary N) is 1. The Balaban J connectivity index is 2.85. The Hall–Kier alpha value is 0.772. The number of hydrogen-bond acceptors (Lipinski definition) is 1. The van der Waals surface area contributed by atoms with Gasteiger partial charge in [-0.2, -0.15) is 0 Å². The molecule has 29 valence electrons. The molecule has 0 aliphatic carbocycles. The van der Waals surface area contributed by atoms with E-state index in [-0.39, 0.29) is 0 Å². The average molecular weight is 144 g/mol. The topological polar surface area (TPSA) is 12.0 Å². The molecule has 0 saturated carbocycles.